The summed E-state index contributed by atoms with van der Waals surface area (Å²) in [6, 6.07) is 12.2. The molecule has 0 spiro atoms. The van der Waals surface area contributed by atoms with E-state index in [2.05, 4.69) is 29.6 Å². The average Bonchev–Trinajstić information content (AvgIpc) is 3.26. The van der Waals surface area contributed by atoms with Crippen molar-refractivity contribution in [1.29, 1.82) is 0 Å². The summed E-state index contributed by atoms with van der Waals surface area (Å²) in [5.41, 5.74) is 5.57. The van der Waals surface area contributed by atoms with E-state index < -0.39 is 0 Å². The minimum atomic E-state index is -0.105. The molecule has 0 bridgehead atoms. The van der Waals surface area contributed by atoms with Crippen LogP contribution in [-0.2, 0) is 0 Å². The van der Waals surface area contributed by atoms with Crippen molar-refractivity contribution in [3.63, 3.8) is 0 Å². The summed E-state index contributed by atoms with van der Waals surface area (Å²) in [5, 5.41) is 3.88. The molecule has 0 unspecified atom stereocenters. The predicted octanol–water partition coefficient (Wildman–Crippen LogP) is 5.39. The number of nitrogens with one attached hydrogen (secondary N) is 1. The Morgan fingerprint density at radius 1 is 0.969 bits per heavy atom. The number of likely N-dealkylation sites (tertiary alicyclic amines) is 1. The highest BCUT2D eigenvalue weighted by Gasteiger charge is 2.30. The van der Waals surface area contributed by atoms with Crippen molar-refractivity contribution in [1.82, 2.24) is 10.2 Å². The van der Waals surface area contributed by atoms with Crippen LogP contribution in [0.1, 0.15) is 81.3 Å². The highest BCUT2D eigenvalue weighted by molar-refractivity contribution is 6.01. The first-order valence-electron chi connectivity index (χ1n) is 11.7. The van der Waals surface area contributed by atoms with Crippen LogP contribution < -0.4 is 5.32 Å². The smallest absolute Gasteiger partial charge is 0.254 e. The molecule has 2 heterocycles. The molecule has 1 saturated carbocycles. The van der Waals surface area contributed by atoms with Gasteiger partial charge in [-0.05, 0) is 73.3 Å². The molecule has 5 heteroatoms. The van der Waals surface area contributed by atoms with Crippen molar-refractivity contribution in [2.24, 2.45) is 0 Å². The molecule has 1 aliphatic carbocycles. The van der Waals surface area contributed by atoms with Crippen LogP contribution in [0.25, 0.3) is 11.0 Å². The zero-order chi connectivity index (χ0) is 22.2. The number of benzene rings is 2. The van der Waals surface area contributed by atoms with Crippen molar-refractivity contribution < 1.29 is 14.0 Å². The largest absolute Gasteiger partial charge is 0.464 e. The minimum Gasteiger partial charge on any atom is -0.464 e. The molecule has 3 aromatic rings. The number of piperidine rings is 1. The van der Waals surface area contributed by atoms with Gasteiger partial charge in [0.15, 0.2) is 0 Å². The quantitative estimate of drug-likeness (QED) is 0.604. The first-order chi connectivity index (χ1) is 15.6. The van der Waals surface area contributed by atoms with E-state index in [-0.39, 0.29) is 11.8 Å². The second kappa shape index (κ2) is 8.45. The molecule has 2 amide bonds. The highest BCUT2D eigenvalue weighted by Crippen LogP contribution is 2.39. The van der Waals surface area contributed by atoms with E-state index in [0.29, 0.717) is 36.1 Å². The normalized spacial score (nSPS) is 17.4. The fraction of sp³-hybridized carbons (Fsp3) is 0.407. The number of carbonyl (C=O) groups excluding carboxylic acids is 2. The Kier molecular flexibility index (Phi) is 5.50. The van der Waals surface area contributed by atoms with E-state index in [1.165, 1.54) is 12.0 Å². The number of furan rings is 1. The van der Waals surface area contributed by atoms with E-state index >= 15 is 0 Å². The number of hydrogen-bond donors (Lipinski definition) is 1. The van der Waals surface area contributed by atoms with E-state index in [9.17, 15) is 9.59 Å². The number of nitrogens with zero attached hydrogens (tertiary/aromatic N) is 1. The molecular formula is C27H30N2O3. The number of para-hydroxylation sites is 1. The third-order valence-corrected chi connectivity index (χ3v) is 7.38. The molecule has 0 atom stereocenters. The van der Waals surface area contributed by atoms with E-state index in [1.807, 2.05) is 24.0 Å². The lowest BCUT2D eigenvalue weighted by atomic mass is 9.77. The Balaban J connectivity index is 1.36. The van der Waals surface area contributed by atoms with Crippen LogP contribution in [-0.4, -0.2) is 36.9 Å². The number of carbonyl (C=O) groups is 2. The lowest BCUT2D eigenvalue weighted by molar-refractivity contribution is 0.0712. The second-order valence-corrected chi connectivity index (χ2v) is 9.21. The standard InChI is InChI=1S/C27H30N2O3/c1-17-15-23(18-5-3-6-18)24(26(30)28-2)16-22(17)27(31)29-12-9-19(10-13-29)21-8-4-7-20-11-14-32-25(20)21/h4,7-8,11,14-16,18-19H,3,5-6,9-10,12-13H2,1-2H3,(H,28,30). The zero-order valence-corrected chi connectivity index (χ0v) is 18.8. The molecule has 5 nitrogen and oxygen atoms in total. The minimum absolute atomic E-state index is 0.0301. The van der Waals surface area contributed by atoms with Crippen LogP contribution in [0.2, 0.25) is 0 Å². The predicted molar refractivity (Wildman–Crippen MR) is 125 cm³/mol. The van der Waals surface area contributed by atoms with Gasteiger partial charge in [0, 0.05) is 36.7 Å². The van der Waals surface area contributed by atoms with Crippen molar-refractivity contribution in [2.45, 2.75) is 50.9 Å². The van der Waals surface area contributed by atoms with Crippen molar-refractivity contribution in [3.8, 4) is 0 Å². The van der Waals surface area contributed by atoms with Gasteiger partial charge < -0.3 is 14.6 Å². The van der Waals surface area contributed by atoms with Gasteiger partial charge in [0.2, 0.25) is 0 Å². The van der Waals surface area contributed by atoms with E-state index in [4.69, 9.17) is 4.42 Å². The van der Waals surface area contributed by atoms with Gasteiger partial charge in [0.25, 0.3) is 11.8 Å². The Morgan fingerprint density at radius 3 is 2.41 bits per heavy atom. The first kappa shape index (κ1) is 20.8. The molecule has 2 aliphatic rings. The number of hydrogen-bond acceptors (Lipinski definition) is 3. The SMILES string of the molecule is CNC(=O)c1cc(C(=O)N2CCC(c3cccc4ccoc34)CC2)c(C)cc1C1CCC1. The number of aryl methyl sites for hydroxylation is 1. The highest BCUT2D eigenvalue weighted by atomic mass is 16.3. The van der Waals surface area contributed by atoms with Crippen LogP contribution in [0.15, 0.2) is 47.1 Å². The third kappa shape index (κ3) is 3.60. The van der Waals surface area contributed by atoms with Crippen molar-refractivity contribution >= 4 is 22.8 Å². The zero-order valence-electron chi connectivity index (χ0n) is 18.8. The number of amides is 2. The summed E-state index contributed by atoms with van der Waals surface area (Å²) in [5.74, 6) is 0.747. The van der Waals surface area contributed by atoms with Crippen LogP contribution in [0, 0.1) is 6.92 Å². The summed E-state index contributed by atoms with van der Waals surface area (Å²) in [4.78, 5) is 28.0. The van der Waals surface area contributed by atoms with E-state index in [0.717, 1.165) is 47.8 Å². The molecule has 1 aromatic heterocycles. The van der Waals surface area contributed by atoms with Crippen LogP contribution in [0.4, 0.5) is 0 Å². The molecule has 5 rings (SSSR count). The second-order valence-electron chi connectivity index (χ2n) is 9.21. The molecule has 2 aromatic carbocycles. The molecule has 1 saturated heterocycles. The Bertz CT molecular complexity index is 1170. The summed E-state index contributed by atoms with van der Waals surface area (Å²) in [7, 11) is 1.65. The van der Waals surface area contributed by atoms with Crippen molar-refractivity contribution in [2.75, 3.05) is 20.1 Å². The lowest BCUT2D eigenvalue weighted by Gasteiger charge is -2.33. The van der Waals surface area contributed by atoms with Gasteiger partial charge in [-0.3, -0.25) is 9.59 Å². The van der Waals surface area contributed by atoms with Gasteiger partial charge in [-0.15, -0.1) is 0 Å². The van der Waals surface area contributed by atoms with Gasteiger partial charge in [0.1, 0.15) is 5.58 Å². The van der Waals surface area contributed by atoms with Crippen molar-refractivity contribution in [3.05, 3.63) is 70.5 Å². The average molecular weight is 431 g/mol. The monoisotopic (exact) mass is 430 g/mol. The summed E-state index contributed by atoms with van der Waals surface area (Å²) in [6.07, 6.45) is 7.00. The van der Waals surface area contributed by atoms with Gasteiger partial charge in [0.05, 0.1) is 6.26 Å². The van der Waals surface area contributed by atoms with E-state index in [1.54, 1.807) is 13.3 Å². The summed E-state index contributed by atoms with van der Waals surface area (Å²) < 4.78 is 5.73. The third-order valence-electron chi connectivity index (χ3n) is 7.38. The fourth-order valence-corrected chi connectivity index (χ4v) is 5.25. The molecular weight excluding hydrogens is 400 g/mol. The van der Waals surface area contributed by atoms with Gasteiger partial charge >= 0.3 is 0 Å². The molecule has 0 radical (unpaired) electrons. The maximum atomic E-state index is 13.4. The lowest BCUT2D eigenvalue weighted by Crippen LogP contribution is -2.38. The van der Waals surface area contributed by atoms with Gasteiger partial charge in [-0.25, -0.2) is 0 Å². The molecule has 2 fully saturated rings. The fourth-order valence-electron chi connectivity index (χ4n) is 5.25. The maximum Gasteiger partial charge on any atom is 0.254 e. The van der Waals surface area contributed by atoms with Crippen LogP contribution in [0.3, 0.4) is 0 Å². The Hall–Kier alpha value is -3.08. The first-order valence-corrected chi connectivity index (χ1v) is 11.7. The topological polar surface area (TPSA) is 62.6 Å². The summed E-state index contributed by atoms with van der Waals surface area (Å²) >= 11 is 0. The van der Waals surface area contributed by atoms with Crippen LogP contribution in [0.5, 0.6) is 0 Å². The molecule has 166 valence electrons. The van der Waals surface area contributed by atoms with Crippen LogP contribution >= 0.6 is 0 Å². The summed E-state index contributed by atoms with van der Waals surface area (Å²) in [6.45, 7) is 3.41. The molecule has 1 aliphatic heterocycles. The number of fused-ring (bicyclic) bond motifs is 1. The maximum absolute atomic E-state index is 13.4. The molecule has 32 heavy (non-hydrogen) atoms. The Morgan fingerprint density at radius 2 is 1.72 bits per heavy atom. The Labute approximate surface area is 188 Å². The van der Waals surface area contributed by atoms with Gasteiger partial charge in [-0.1, -0.05) is 30.7 Å². The van der Waals surface area contributed by atoms with Gasteiger partial charge in [-0.2, -0.15) is 0 Å². The number of rotatable bonds is 4. The molecule has 1 N–H and O–H groups in total.